The Hall–Kier alpha value is -17.2. The molecule has 0 saturated carbocycles. The van der Waals surface area contributed by atoms with E-state index in [-0.39, 0.29) is 0 Å². The molecule has 0 saturated heterocycles. The van der Waals surface area contributed by atoms with Crippen LogP contribution in [0.1, 0.15) is 0 Å². The lowest BCUT2D eigenvalue weighted by Crippen LogP contribution is -1.95. The second kappa shape index (κ2) is 34.5. The zero-order chi connectivity index (χ0) is 83.9. The van der Waals surface area contributed by atoms with Crippen LogP contribution in [0.5, 0.6) is 0 Å². The Bertz CT molecular complexity index is 7420. The average molecular weight is 1610 g/mol. The van der Waals surface area contributed by atoms with Gasteiger partial charge >= 0.3 is 0 Å². The lowest BCUT2D eigenvalue weighted by atomic mass is 9.85. The fourth-order valence-corrected chi connectivity index (χ4v) is 16.8. The third-order valence-corrected chi connectivity index (χ3v) is 23.3. The van der Waals surface area contributed by atoms with Crippen LogP contribution < -0.4 is 0 Å². The SMILES string of the molecule is c1ccc(-c2ccc(-c3cc(-c4ccc(-c5cc(-c6ccnc(-c7ccc(-c8cc(-c9ccc(-c%10ccc(-c%11ccc(-c%12ccc(-c%13cc(-c%14ccc(-c%15ccccn%15)cc%14)c(-c%14ccccn%14)cc%13-c%13ccccn%13)cc%12)nc%11)cn%10)cc9)c(-c9cccnc9)cc8-c8cccnc8)cc7)c6)ccn5)cc4)c(-c4ccncc4)cc3-c3ccncc3)cc2)nc1. The summed E-state index contributed by atoms with van der Waals surface area (Å²) in [5.74, 6) is 0. The molecule has 590 valence electrons. The molecule has 0 N–H and O–H groups in total. The third kappa shape index (κ3) is 15.8. The fraction of sp³-hybridized carbons (Fsp3) is 0. The van der Waals surface area contributed by atoms with Gasteiger partial charge in [-0.3, -0.25) is 59.8 Å². The summed E-state index contributed by atoms with van der Waals surface area (Å²) in [6.07, 6.45) is 29.9. The van der Waals surface area contributed by atoms with Crippen molar-refractivity contribution in [3.05, 3.63) is 451 Å². The van der Waals surface area contributed by atoms with Crippen molar-refractivity contribution < 1.29 is 0 Å². The Morgan fingerprint density at radius 1 is 0.103 bits per heavy atom. The van der Waals surface area contributed by atoms with Crippen molar-refractivity contribution >= 4 is 0 Å². The van der Waals surface area contributed by atoms with Crippen LogP contribution >= 0.6 is 0 Å². The predicted molar refractivity (Wildman–Crippen MR) is 509 cm³/mol. The molecule has 0 aliphatic rings. The molecule has 0 bridgehead atoms. The number of rotatable bonds is 20. The van der Waals surface area contributed by atoms with E-state index in [2.05, 4.69) is 309 Å². The van der Waals surface area contributed by atoms with Crippen molar-refractivity contribution in [2.24, 2.45) is 0 Å². The normalized spacial score (nSPS) is 11.2. The first-order valence-corrected chi connectivity index (χ1v) is 41.7. The Balaban J connectivity index is 0.536. The average Bonchev–Trinajstić information content (AvgIpc) is 0.770. The highest BCUT2D eigenvalue weighted by Gasteiger charge is 2.23. The van der Waals surface area contributed by atoms with Crippen LogP contribution in [0.3, 0.4) is 0 Å². The first kappa shape index (κ1) is 76.2. The molecule has 9 aromatic carbocycles. The van der Waals surface area contributed by atoms with E-state index < -0.39 is 0 Å². The predicted octanol–water partition coefficient (Wildman–Crippen LogP) is 27.8. The van der Waals surface area contributed by atoms with Gasteiger partial charge in [-0.25, -0.2) is 0 Å². The molecule has 12 aromatic heterocycles. The highest BCUT2D eigenvalue weighted by Crippen LogP contribution is 2.48. The molecule has 0 fully saturated rings. The molecule has 0 amide bonds. The first-order valence-electron chi connectivity index (χ1n) is 41.7. The van der Waals surface area contributed by atoms with E-state index >= 15 is 0 Å². The van der Waals surface area contributed by atoms with Crippen LogP contribution in [0.15, 0.2) is 451 Å². The smallest absolute Gasteiger partial charge is 0.0708 e. The summed E-state index contributed by atoms with van der Waals surface area (Å²) >= 11 is 0. The van der Waals surface area contributed by atoms with Crippen molar-refractivity contribution in [2.75, 3.05) is 0 Å². The standard InChI is InChI=1S/C114H74N12/c1-5-53-119-107(13-1)83-29-17-75(18-30-83)95-65-96(100(82-47-59-116-60-48-82)67-99(95)81-45-57-115-58-46-81)76-25-37-87(38-26-76)113-63-89(49-61-123-113)90-50-62-124-114(64-90)88-39-27-78(28-40-88)98-66-97(103(93-11-9-51-117-71-93)69-104(98)94-12-10-52-118-72-94)77-19-33-85(34-20-77)109-43-41-91(73-125-109)92-42-44-110(126-74-92)86-35-23-80(24-36-86)102-68-101(79-21-31-84(32-22-79)108-14-2-6-54-120-108)105(111-15-3-7-55-121-111)70-106(102)112-16-4-8-56-122-112/h1-74H. The van der Waals surface area contributed by atoms with E-state index in [4.69, 9.17) is 29.9 Å². The Labute approximate surface area is 729 Å². The summed E-state index contributed by atoms with van der Waals surface area (Å²) in [7, 11) is 0. The number of nitrogens with zero attached hydrogens (tertiary/aromatic N) is 12. The first-order chi connectivity index (χ1) is 62.4. The lowest BCUT2D eigenvalue weighted by Gasteiger charge is -2.18. The largest absolute Gasteiger partial charge is 0.265 e. The van der Waals surface area contributed by atoms with Crippen LogP contribution in [0.4, 0.5) is 0 Å². The Morgan fingerprint density at radius 3 is 0.619 bits per heavy atom. The highest BCUT2D eigenvalue weighted by molar-refractivity contribution is 5.99. The zero-order valence-corrected chi connectivity index (χ0v) is 68.1. The van der Waals surface area contributed by atoms with Crippen molar-refractivity contribution in [3.8, 4) is 224 Å². The van der Waals surface area contributed by atoms with Crippen molar-refractivity contribution in [3.63, 3.8) is 0 Å². The van der Waals surface area contributed by atoms with E-state index in [0.29, 0.717) is 0 Å². The van der Waals surface area contributed by atoms with Gasteiger partial charge in [0.2, 0.25) is 0 Å². The fourth-order valence-electron chi connectivity index (χ4n) is 16.8. The molecule has 12 heteroatoms. The second-order valence-corrected chi connectivity index (χ2v) is 30.8. The molecule has 0 radical (unpaired) electrons. The quantitative estimate of drug-likeness (QED) is 0.0713. The molecule has 0 aliphatic heterocycles. The molecule has 0 unspecified atom stereocenters. The molecule has 0 aliphatic carbocycles. The summed E-state index contributed by atoms with van der Waals surface area (Å²) in [5, 5.41) is 0. The van der Waals surface area contributed by atoms with E-state index in [0.717, 1.165) is 224 Å². The monoisotopic (exact) mass is 1610 g/mol. The summed E-state index contributed by atoms with van der Waals surface area (Å²) in [6, 6.07) is 123. The number of hydrogen-bond acceptors (Lipinski definition) is 12. The van der Waals surface area contributed by atoms with Crippen molar-refractivity contribution in [1.29, 1.82) is 0 Å². The Morgan fingerprint density at radius 2 is 0.341 bits per heavy atom. The van der Waals surface area contributed by atoms with Gasteiger partial charge in [-0.1, -0.05) is 194 Å². The molecule has 21 rings (SSSR count). The van der Waals surface area contributed by atoms with E-state index in [1.165, 1.54) is 0 Å². The molecule has 21 aromatic rings. The highest BCUT2D eigenvalue weighted by atomic mass is 14.7. The van der Waals surface area contributed by atoms with Gasteiger partial charge in [-0.15, -0.1) is 0 Å². The molecule has 0 spiro atoms. The van der Waals surface area contributed by atoms with Gasteiger partial charge in [0.15, 0.2) is 0 Å². The van der Waals surface area contributed by atoms with Crippen molar-refractivity contribution in [2.45, 2.75) is 0 Å². The summed E-state index contributed by atoms with van der Waals surface area (Å²) in [4.78, 5) is 56.9. The summed E-state index contributed by atoms with van der Waals surface area (Å²) in [5.41, 5.74) is 40.4. The minimum absolute atomic E-state index is 0.854. The third-order valence-electron chi connectivity index (χ3n) is 23.3. The molecule has 12 heterocycles. The second-order valence-electron chi connectivity index (χ2n) is 30.8. The van der Waals surface area contributed by atoms with Crippen LogP contribution in [0, 0.1) is 0 Å². The van der Waals surface area contributed by atoms with Gasteiger partial charge < -0.3 is 0 Å². The zero-order valence-electron chi connectivity index (χ0n) is 68.1. The number of pyridine rings is 12. The summed E-state index contributed by atoms with van der Waals surface area (Å²) < 4.78 is 0. The van der Waals surface area contributed by atoms with Gasteiger partial charge in [0.1, 0.15) is 0 Å². The van der Waals surface area contributed by atoms with Crippen LogP contribution in [0.2, 0.25) is 0 Å². The number of hydrogen-bond donors (Lipinski definition) is 0. The van der Waals surface area contributed by atoms with Crippen LogP contribution in [-0.4, -0.2) is 59.8 Å². The van der Waals surface area contributed by atoms with Crippen LogP contribution in [-0.2, 0) is 0 Å². The minimum atomic E-state index is 0.854. The maximum absolute atomic E-state index is 5.05. The number of aromatic nitrogens is 12. The summed E-state index contributed by atoms with van der Waals surface area (Å²) in [6.45, 7) is 0. The van der Waals surface area contributed by atoms with E-state index in [1.54, 1.807) is 0 Å². The van der Waals surface area contributed by atoms with Gasteiger partial charge in [0, 0.05) is 166 Å². The van der Waals surface area contributed by atoms with E-state index in [9.17, 15) is 0 Å². The topological polar surface area (TPSA) is 155 Å². The molecule has 126 heavy (non-hydrogen) atoms. The van der Waals surface area contributed by atoms with Gasteiger partial charge in [0.25, 0.3) is 0 Å². The van der Waals surface area contributed by atoms with Gasteiger partial charge in [-0.2, -0.15) is 0 Å². The lowest BCUT2D eigenvalue weighted by molar-refractivity contribution is 1.30. The maximum atomic E-state index is 5.05. The maximum Gasteiger partial charge on any atom is 0.0708 e. The van der Waals surface area contributed by atoms with Crippen LogP contribution in [0.25, 0.3) is 224 Å². The molecular weight excluding hydrogens is 1540 g/mol. The van der Waals surface area contributed by atoms with Gasteiger partial charge in [0.05, 0.1) is 45.6 Å². The van der Waals surface area contributed by atoms with Gasteiger partial charge in [-0.05, 0) is 269 Å². The van der Waals surface area contributed by atoms with Crippen molar-refractivity contribution in [1.82, 2.24) is 59.8 Å². The molecule has 12 nitrogen and oxygen atoms in total. The minimum Gasteiger partial charge on any atom is -0.265 e. The molecular formula is C114H74N12. The Kier molecular flexibility index (Phi) is 20.9. The number of benzene rings is 9. The van der Waals surface area contributed by atoms with E-state index in [1.807, 2.05) is 172 Å². The molecule has 0 atom stereocenters.